The Kier molecular flexibility index (Phi) is 14.0. The van der Waals surface area contributed by atoms with Crippen molar-refractivity contribution in [3.63, 3.8) is 0 Å². The molecule has 2 aliphatic rings. The number of hydrogen-bond acceptors (Lipinski definition) is 7. The van der Waals surface area contributed by atoms with Crippen molar-refractivity contribution < 1.29 is 18.3 Å². The molecule has 45 heavy (non-hydrogen) atoms. The van der Waals surface area contributed by atoms with Gasteiger partial charge in [-0.1, -0.05) is 70.5 Å². The van der Waals surface area contributed by atoms with E-state index in [1.165, 1.54) is 4.90 Å². The van der Waals surface area contributed by atoms with Gasteiger partial charge in [-0.2, -0.15) is 15.2 Å². The van der Waals surface area contributed by atoms with E-state index in [0.29, 0.717) is 31.9 Å². The minimum absolute atomic E-state index is 0.0407. The van der Waals surface area contributed by atoms with Gasteiger partial charge >= 0.3 is 6.01 Å². The molecule has 1 aromatic carbocycles. The van der Waals surface area contributed by atoms with E-state index >= 15 is 0 Å². The number of carbonyl (C=O) groups is 1. The van der Waals surface area contributed by atoms with Crippen molar-refractivity contribution in [3.05, 3.63) is 58.5 Å². The van der Waals surface area contributed by atoms with Crippen molar-refractivity contribution in [3.8, 4) is 12.1 Å². The van der Waals surface area contributed by atoms with Crippen LogP contribution in [0.15, 0.2) is 36.7 Å². The van der Waals surface area contributed by atoms with Crippen LogP contribution in [0.4, 0.5) is 14.6 Å². The summed E-state index contributed by atoms with van der Waals surface area (Å²) in [5.41, 5.74) is 2.94. The van der Waals surface area contributed by atoms with E-state index in [0.717, 1.165) is 47.5 Å². The van der Waals surface area contributed by atoms with Crippen LogP contribution in [0.2, 0.25) is 5.02 Å². The standard InChI is InChI=1S/C32H41ClF2N6O2.C2H6/c1-5-8-27-29(21(2)11-12-23-9-6-7-10-28(23)33)37-32(43-20-26-17-24(35)18-39(26)4)38-30(27)40-15-16-41(31(42)22(3)34)25(19-40)13-14-36;1-2/h6-7,9-10,21,24-26H,3,5,8,11-13,15-20H2,1-2,4H3;1-2H3. The molecular weight excluding hydrogens is 598 g/mol. The van der Waals surface area contributed by atoms with Gasteiger partial charge in [0.15, 0.2) is 5.83 Å². The molecule has 0 N–H and O–H groups in total. The van der Waals surface area contributed by atoms with Crippen molar-refractivity contribution in [2.75, 3.05) is 44.7 Å². The lowest BCUT2D eigenvalue weighted by Gasteiger charge is -2.41. The monoisotopic (exact) mass is 644 g/mol. The fraction of sp³-hybridized carbons (Fsp3) is 0.588. The second-order valence-electron chi connectivity index (χ2n) is 11.6. The highest BCUT2D eigenvalue weighted by Gasteiger charge is 2.35. The number of hydrogen-bond donors (Lipinski definition) is 0. The van der Waals surface area contributed by atoms with Crippen molar-refractivity contribution in [2.45, 2.75) is 90.4 Å². The Hall–Kier alpha value is -3.29. The molecule has 2 fully saturated rings. The number of alkyl halides is 1. The minimum atomic E-state index is -1.04. The third kappa shape index (κ3) is 9.36. The third-order valence-electron chi connectivity index (χ3n) is 8.41. The number of nitriles is 1. The number of aromatic nitrogens is 2. The third-order valence-corrected chi connectivity index (χ3v) is 8.78. The second-order valence-corrected chi connectivity index (χ2v) is 12.0. The summed E-state index contributed by atoms with van der Waals surface area (Å²) in [6, 6.07) is 9.56. The number of aryl methyl sites for hydroxylation is 1. The molecule has 0 aliphatic carbocycles. The first kappa shape index (κ1) is 36.2. The van der Waals surface area contributed by atoms with Crippen molar-refractivity contribution >= 4 is 23.3 Å². The number of amides is 1. The Morgan fingerprint density at radius 2 is 1.93 bits per heavy atom. The summed E-state index contributed by atoms with van der Waals surface area (Å²) < 4.78 is 34.0. The molecule has 1 amide bonds. The van der Waals surface area contributed by atoms with E-state index < -0.39 is 23.9 Å². The molecule has 4 unspecified atom stereocenters. The van der Waals surface area contributed by atoms with Gasteiger partial charge in [-0.3, -0.25) is 9.69 Å². The number of anilines is 1. The summed E-state index contributed by atoms with van der Waals surface area (Å²) in [5, 5.41) is 10.2. The van der Waals surface area contributed by atoms with Gasteiger partial charge in [0.05, 0.1) is 24.2 Å². The van der Waals surface area contributed by atoms with Gasteiger partial charge < -0.3 is 14.5 Å². The summed E-state index contributed by atoms with van der Waals surface area (Å²) in [4.78, 5) is 27.7. The average Bonchev–Trinajstić information content (AvgIpc) is 3.36. The normalized spacial score (nSPS) is 20.6. The van der Waals surface area contributed by atoms with Gasteiger partial charge in [-0.15, -0.1) is 0 Å². The lowest BCUT2D eigenvalue weighted by molar-refractivity contribution is -0.131. The van der Waals surface area contributed by atoms with E-state index in [1.807, 2.05) is 50.1 Å². The highest BCUT2D eigenvalue weighted by molar-refractivity contribution is 6.31. The Bertz CT molecular complexity index is 1340. The van der Waals surface area contributed by atoms with Gasteiger partial charge in [-0.05, 0) is 50.3 Å². The molecule has 4 atom stereocenters. The number of carbonyl (C=O) groups excluding carboxylic acids is 1. The fourth-order valence-electron chi connectivity index (χ4n) is 6.03. The maximum absolute atomic E-state index is 14.0. The van der Waals surface area contributed by atoms with Crippen molar-refractivity contribution in [1.82, 2.24) is 19.8 Å². The molecule has 3 heterocycles. The van der Waals surface area contributed by atoms with Crippen LogP contribution in [-0.2, 0) is 17.6 Å². The second kappa shape index (κ2) is 17.4. The largest absolute Gasteiger partial charge is 0.462 e. The summed E-state index contributed by atoms with van der Waals surface area (Å²) in [5.74, 6) is -1.09. The van der Waals surface area contributed by atoms with E-state index in [2.05, 4.69) is 31.4 Å². The number of nitrogens with zero attached hydrogens (tertiary/aromatic N) is 6. The Labute approximate surface area is 272 Å². The van der Waals surface area contributed by atoms with Crippen LogP contribution >= 0.6 is 11.6 Å². The summed E-state index contributed by atoms with van der Waals surface area (Å²) >= 11 is 6.44. The lowest BCUT2D eigenvalue weighted by Crippen LogP contribution is -2.55. The molecule has 0 saturated carbocycles. The zero-order chi connectivity index (χ0) is 33.1. The van der Waals surface area contributed by atoms with E-state index in [4.69, 9.17) is 26.3 Å². The fourth-order valence-corrected chi connectivity index (χ4v) is 6.26. The minimum Gasteiger partial charge on any atom is -0.462 e. The van der Waals surface area contributed by atoms with Gasteiger partial charge in [0.25, 0.3) is 5.91 Å². The first-order valence-electron chi connectivity index (χ1n) is 16.0. The summed E-state index contributed by atoms with van der Waals surface area (Å²) in [7, 11) is 1.88. The van der Waals surface area contributed by atoms with Crippen LogP contribution < -0.4 is 9.64 Å². The number of likely N-dealkylation sites (tertiary alicyclic amines) is 1. The Morgan fingerprint density at radius 3 is 2.56 bits per heavy atom. The highest BCUT2D eigenvalue weighted by atomic mass is 35.5. The molecule has 2 saturated heterocycles. The van der Waals surface area contributed by atoms with E-state index in [9.17, 15) is 18.8 Å². The lowest BCUT2D eigenvalue weighted by atomic mass is 9.93. The number of likely N-dealkylation sites (N-methyl/N-ethyl adjacent to an activating group) is 1. The molecule has 11 heteroatoms. The topological polar surface area (TPSA) is 85.6 Å². The highest BCUT2D eigenvalue weighted by Crippen LogP contribution is 2.34. The van der Waals surface area contributed by atoms with Gasteiger partial charge in [0, 0.05) is 42.8 Å². The molecule has 2 aliphatic heterocycles. The van der Waals surface area contributed by atoms with E-state index in [1.54, 1.807) is 0 Å². The molecule has 2 aromatic rings. The quantitative estimate of drug-likeness (QED) is 0.238. The van der Waals surface area contributed by atoms with Gasteiger partial charge in [0.2, 0.25) is 0 Å². The number of benzene rings is 1. The maximum atomic E-state index is 14.0. The first-order valence-corrected chi connectivity index (χ1v) is 16.4. The molecule has 8 nitrogen and oxygen atoms in total. The molecule has 0 spiro atoms. The number of halogens is 3. The SMILES string of the molecule is C=C(F)C(=O)N1CCN(c2nc(OCC3CC(F)CN3C)nc(C(C)CCc3ccccc3Cl)c2CCC)CC1CC#N.CC. The van der Waals surface area contributed by atoms with Crippen LogP contribution in [-0.4, -0.2) is 83.8 Å². The van der Waals surface area contributed by atoms with Gasteiger partial charge in [0.1, 0.15) is 18.6 Å². The van der Waals surface area contributed by atoms with Crippen molar-refractivity contribution in [2.24, 2.45) is 0 Å². The number of rotatable bonds is 12. The summed E-state index contributed by atoms with van der Waals surface area (Å²) in [6.07, 6.45) is 2.69. The number of ether oxygens (including phenoxy) is 1. The van der Waals surface area contributed by atoms with Crippen LogP contribution in [0.1, 0.15) is 76.1 Å². The predicted octanol–water partition coefficient (Wildman–Crippen LogP) is 6.68. The van der Waals surface area contributed by atoms with Crippen LogP contribution in [0.25, 0.3) is 0 Å². The Morgan fingerprint density at radius 1 is 1.20 bits per heavy atom. The smallest absolute Gasteiger partial charge is 0.318 e. The van der Waals surface area contributed by atoms with Crippen molar-refractivity contribution in [1.29, 1.82) is 5.26 Å². The molecular formula is C34H47ClF2N6O2. The first-order chi connectivity index (χ1) is 21.6. The van der Waals surface area contributed by atoms with Crippen LogP contribution in [0.5, 0.6) is 6.01 Å². The van der Waals surface area contributed by atoms with Crippen LogP contribution in [0, 0.1) is 11.3 Å². The Balaban J connectivity index is 0.00000271. The zero-order valence-electron chi connectivity index (χ0n) is 27.2. The maximum Gasteiger partial charge on any atom is 0.318 e. The molecule has 1 aromatic heterocycles. The van der Waals surface area contributed by atoms with Gasteiger partial charge in [-0.25, -0.2) is 8.78 Å². The summed E-state index contributed by atoms with van der Waals surface area (Å²) in [6.45, 7) is 12.9. The molecule has 246 valence electrons. The molecule has 0 radical (unpaired) electrons. The average molecular weight is 645 g/mol. The molecule has 4 rings (SSSR count). The van der Waals surface area contributed by atoms with Crippen LogP contribution in [0.3, 0.4) is 0 Å². The predicted molar refractivity (Wildman–Crippen MR) is 175 cm³/mol. The van der Waals surface area contributed by atoms with E-state index in [-0.39, 0.29) is 37.5 Å². The number of piperazine rings is 1. The zero-order valence-corrected chi connectivity index (χ0v) is 28.0. The molecule has 0 bridgehead atoms.